The fraction of sp³-hybridized carbons (Fsp3) is 0.474. The third-order valence-corrected chi connectivity index (χ3v) is 6.03. The second kappa shape index (κ2) is 8.06. The highest BCUT2D eigenvalue weighted by molar-refractivity contribution is 7.98. The van der Waals surface area contributed by atoms with Crippen LogP contribution in [0.25, 0.3) is 0 Å². The molecule has 0 radical (unpaired) electrons. The quantitative estimate of drug-likeness (QED) is 0.771. The van der Waals surface area contributed by atoms with Crippen molar-refractivity contribution in [3.63, 3.8) is 0 Å². The Morgan fingerprint density at radius 1 is 1.24 bits per heavy atom. The summed E-state index contributed by atoms with van der Waals surface area (Å²) in [5.74, 6) is 0.974. The molecule has 1 amide bonds. The molecule has 3 rings (SSSR count). The van der Waals surface area contributed by atoms with Crippen molar-refractivity contribution in [2.75, 3.05) is 27.2 Å². The number of hydrogen-bond donors (Lipinski definition) is 0. The molecule has 1 fully saturated rings. The molecule has 6 heteroatoms. The highest BCUT2D eigenvalue weighted by atomic mass is 32.2. The number of likely N-dealkylation sites (tertiary alicyclic amines) is 1. The first-order valence-electron chi connectivity index (χ1n) is 8.69. The van der Waals surface area contributed by atoms with Gasteiger partial charge in [0, 0.05) is 43.8 Å². The van der Waals surface area contributed by atoms with E-state index < -0.39 is 0 Å². The minimum Gasteiger partial charge on any atom is -0.339 e. The van der Waals surface area contributed by atoms with Crippen molar-refractivity contribution in [1.29, 1.82) is 0 Å². The number of aromatic nitrogens is 2. The van der Waals surface area contributed by atoms with E-state index in [4.69, 9.17) is 0 Å². The summed E-state index contributed by atoms with van der Waals surface area (Å²) in [6.07, 6.45) is 5.86. The monoisotopic (exact) mass is 358 g/mol. The number of piperidine rings is 1. The lowest BCUT2D eigenvalue weighted by Crippen LogP contribution is -2.44. The summed E-state index contributed by atoms with van der Waals surface area (Å²) in [6.45, 7) is 2.12. The number of carbonyl (C=O) groups is 1. The van der Waals surface area contributed by atoms with Gasteiger partial charge in [-0.15, -0.1) is 0 Å². The maximum Gasteiger partial charge on any atom is 0.253 e. The van der Waals surface area contributed by atoms with Gasteiger partial charge in [0.1, 0.15) is 0 Å². The summed E-state index contributed by atoms with van der Waals surface area (Å²) >= 11 is 1.70. The van der Waals surface area contributed by atoms with Crippen LogP contribution in [-0.2, 0) is 12.8 Å². The van der Waals surface area contributed by atoms with E-state index >= 15 is 0 Å². The minimum atomic E-state index is 0.123. The van der Waals surface area contributed by atoms with Gasteiger partial charge in [-0.25, -0.2) is 4.98 Å². The summed E-state index contributed by atoms with van der Waals surface area (Å²) in [6, 6.07) is 8.34. The molecule has 0 saturated carbocycles. The molecule has 0 unspecified atom stereocenters. The third-order valence-electron chi connectivity index (χ3n) is 4.90. The molecule has 5 nitrogen and oxygen atoms in total. The van der Waals surface area contributed by atoms with Gasteiger partial charge in [0.2, 0.25) is 0 Å². The number of nitrogens with zero attached hydrogens (tertiary/aromatic N) is 4. The highest BCUT2D eigenvalue weighted by Gasteiger charge is 2.24. The number of aryl methyl sites for hydroxylation is 1. The molecule has 0 N–H and O–H groups in total. The molecule has 1 saturated heterocycles. The maximum atomic E-state index is 12.7. The van der Waals surface area contributed by atoms with E-state index in [1.54, 1.807) is 11.8 Å². The smallest absolute Gasteiger partial charge is 0.253 e. The van der Waals surface area contributed by atoms with Gasteiger partial charge in [-0.1, -0.05) is 23.9 Å². The van der Waals surface area contributed by atoms with Gasteiger partial charge in [0.25, 0.3) is 5.91 Å². The molecule has 1 aliphatic rings. The first-order valence-corrected chi connectivity index (χ1v) is 9.68. The minimum absolute atomic E-state index is 0.123. The van der Waals surface area contributed by atoms with Gasteiger partial charge in [0.15, 0.2) is 5.16 Å². The third kappa shape index (κ3) is 4.44. The molecular formula is C19H26N4OS. The lowest BCUT2D eigenvalue weighted by molar-refractivity contribution is 0.0659. The maximum absolute atomic E-state index is 12.7. The molecule has 25 heavy (non-hydrogen) atoms. The largest absolute Gasteiger partial charge is 0.339 e. The van der Waals surface area contributed by atoms with Gasteiger partial charge in [-0.2, -0.15) is 0 Å². The van der Waals surface area contributed by atoms with Crippen LogP contribution in [0.2, 0.25) is 0 Å². The van der Waals surface area contributed by atoms with Crippen molar-refractivity contribution < 1.29 is 4.79 Å². The van der Waals surface area contributed by atoms with Crippen molar-refractivity contribution in [1.82, 2.24) is 19.4 Å². The molecule has 2 heterocycles. The van der Waals surface area contributed by atoms with Gasteiger partial charge in [0.05, 0.1) is 0 Å². The van der Waals surface area contributed by atoms with E-state index in [2.05, 4.69) is 16.9 Å². The summed E-state index contributed by atoms with van der Waals surface area (Å²) in [7, 11) is 6.07. The van der Waals surface area contributed by atoms with E-state index in [1.807, 2.05) is 60.2 Å². The predicted molar refractivity (Wildman–Crippen MR) is 102 cm³/mol. The first-order chi connectivity index (χ1) is 12.0. The van der Waals surface area contributed by atoms with Crippen LogP contribution in [-0.4, -0.2) is 58.5 Å². The SMILES string of the molecule is CN1CCC(N(C)C(=O)c2ccc(CSc3nccn3C)cc2)CC1. The summed E-state index contributed by atoms with van der Waals surface area (Å²) < 4.78 is 2.01. The number of rotatable bonds is 5. The molecule has 0 spiro atoms. The van der Waals surface area contributed by atoms with Crippen molar-refractivity contribution in [3.05, 3.63) is 47.8 Å². The molecular weight excluding hydrogens is 332 g/mol. The predicted octanol–water partition coefficient (Wildman–Crippen LogP) is 2.88. The summed E-state index contributed by atoms with van der Waals surface area (Å²) in [4.78, 5) is 21.3. The molecule has 2 aromatic rings. The van der Waals surface area contributed by atoms with E-state index in [9.17, 15) is 4.79 Å². The van der Waals surface area contributed by atoms with E-state index in [1.165, 1.54) is 5.56 Å². The number of thioether (sulfide) groups is 1. The van der Waals surface area contributed by atoms with Crippen LogP contribution in [0.15, 0.2) is 41.8 Å². The van der Waals surface area contributed by atoms with Crippen molar-refractivity contribution in [2.45, 2.75) is 29.8 Å². The van der Waals surface area contributed by atoms with Gasteiger partial charge in [-0.3, -0.25) is 4.79 Å². The highest BCUT2D eigenvalue weighted by Crippen LogP contribution is 2.21. The van der Waals surface area contributed by atoms with Crippen LogP contribution < -0.4 is 0 Å². The molecule has 0 atom stereocenters. The van der Waals surface area contributed by atoms with Crippen molar-refractivity contribution in [3.8, 4) is 0 Å². The van der Waals surface area contributed by atoms with E-state index in [0.29, 0.717) is 6.04 Å². The average molecular weight is 359 g/mol. The Morgan fingerprint density at radius 2 is 1.92 bits per heavy atom. The Bertz CT molecular complexity index is 704. The van der Waals surface area contributed by atoms with Crippen LogP contribution in [0.4, 0.5) is 0 Å². The number of imidazole rings is 1. The fourth-order valence-electron chi connectivity index (χ4n) is 3.13. The van der Waals surface area contributed by atoms with Crippen LogP contribution in [0.1, 0.15) is 28.8 Å². The van der Waals surface area contributed by atoms with Crippen molar-refractivity contribution >= 4 is 17.7 Å². The zero-order chi connectivity index (χ0) is 17.8. The molecule has 0 bridgehead atoms. The second-order valence-electron chi connectivity index (χ2n) is 6.76. The molecule has 1 aliphatic heterocycles. The second-order valence-corrected chi connectivity index (χ2v) is 7.70. The van der Waals surface area contributed by atoms with Crippen LogP contribution in [0.3, 0.4) is 0 Å². The Kier molecular flexibility index (Phi) is 5.81. The standard InChI is InChI=1S/C19H26N4OS/c1-21-11-8-17(9-12-21)23(3)18(24)16-6-4-15(5-7-16)14-25-19-20-10-13-22(19)2/h4-7,10,13,17H,8-9,11-12,14H2,1-3H3. The first kappa shape index (κ1) is 18.0. The Balaban J connectivity index is 1.57. The lowest BCUT2D eigenvalue weighted by atomic mass is 10.0. The van der Waals surface area contributed by atoms with Gasteiger partial charge in [-0.05, 0) is 50.7 Å². The number of hydrogen-bond acceptors (Lipinski definition) is 4. The fourth-order valence-corrected chi connectivity index (χ4v) is 4.02. The van der Waals surface area contributed by atoms with Gasteiger partial charge < -0.3 is 14.4 Å². The normalized spacial score (nSPS) is 16.1. The Morgan fingerprint density at radius 3 is 2.52 bits per heavy atom. The van der Waals surface area contributed by atoms with E-state index in [-0.39, 0.29) is 5.91 Å². The lowest BCUT2D eigenvalue weighted by Gasteiger charge is -2.35. The Hall–Kier alpha value is -1.79. The van der Waals surface area contributed by atoms with Crippen LogP contribution >= 0.6 is 11.8 Å². The van der Waals surface area contributed by atoms with Crippen LogP contribution in [0.5, 0.6) is 0 Å². The zero-order valence-corrected chi connectivity index (χ0v) is 16.0. The average Bonchev–Trinajstić information content (AvgIpc) is 3.05. The van der Waals surface area contributed by atoms with Crippen molar-refractivity contribution in [2.24, 2.45) is 7.05 Å². The van der Waals surface area contributed by atoms with Crippen LogP contribution in [0, 0.1) is 0 Å². The molecule has 0 aliphatic carbocycles. The molecule has 134 valence electrons. The summed E-state index contributed by atoms with van der Waals surface area (Å²) in [5.41, 5.74) is 1.97. The molecule has 1 aromatic carbocycles. The zero-order valence-electron chi connectivity index (χ0n) is 15.2. The van der Waals surface area contributed by atoms with E-state index in [0.717, 1.165) is 42.4 Å². The number of amides is 1. The molecule has 1 aromatic heterocycles. The van der Waals surface area contributed by atoms with Gasteiger partial charge >= 0.3 is 0 Å². The number of benzene rings is 1. The summed E-state index contributed by atoms with van der Waals surface area (Å²) in [5, 5.41) is 1.00. The Labute approximate surface area is 154 Å². The number of carbonyl (C=O) groups excluding carboxylic acids is 1. The topological polar surface area (TPSA) is 41.4 Å².